The van der Waals surface area contributed by atoms with Crippen LogP contribution in [0.1, 0.15) is 25.8 Å². The number of nitrogens with zero attached hydrogens (tertiary/aromatic N) is 5. The molecule has 2 aliphatic heterocycles. The molecule has 1 aromatic rings. The fourth-order valence-corrected chi connectivity index (χ4v) is 3.69. The number of aromatic nitrogens is 2. The minimum Gasteiger partial charge on any atom is -0.331 e. The predicted octanol–water partition coefficient (Wildman–Crippen LogP) is 1.14. The van der Waals surface area contributed by atoms with E-state index in [1.807, 2.05) is 12.5 Å². The number of carbonyl (C=O) groups is 1. The van der Waals surface area contributed by atoms with E-state index >= 15 is 0 Å². The highest BCUT2D eigenvalue weighted by molar-refractivity contribution is 5.91. The molecule has 0 radical (unpaired) electrons. The zero-order valence-electron chi connectivity index (χ0n) is 13.8. The lowest BCUT2D eigenvalue weighted by Gasteiger charge is -2.34. The topological polar surface area (TPSA) is 77.2 Å². The van der Waals surface area contributed by atoms with Crippen LogP contribution in [0, 0.1) is 23.3 Å². The number of carbonyl (C=O) groups excluding carboxylic acids is 1. The SMILES string of the molecule is CC1CC(n2cnc(NC(=O)[C@H]3CCN(C#N)C3)c2)CN(C)C1. The van der Waals surface area contributed by atoms with Crippen molar-refractivity contribution in [2.75, 3.05) is 38.5 Å². The van der Waals surface area contributed by atoms with Crippen molar-refractivity contribution in [3.63, 3.8) is 0 Å². The molecule has 3 heterocycles. The van der Waals surface area contributed by atoms with Gasteiger partial charge in [-0.25, -0.2) is 4.98 Å². The monoisotopic (exact) mass is 316 g/mol. The molecule has 0 aromatic carbocycles. The average Bonchev–Trinajstić information content (AvgIpc) is 3.15. The van der Waals surface area contributed by atoms with Crippen LogP contribution >= 0.6 is 0 Å². The first-order valence-corrected chi connectivity index (χ1v) is 8.22. The van der Waals surface area contributed by atoms with Crippen molar-refractivity contribution in [3.05, 3.63) is 12.5 Å². The van der Waals surface area contributed by atoms with Gasteiger partial charge in [-0.1, -0.05) is 6.92 Å². The average molecular weight is 316 g/mol. The summed E-state index contributed by atoms with van der Waals surface area (Å²) in [7, 11) is 2.14. The van der Waals surface area contributed by atoms with Crippen molar-refractivity contribution < 1.29 is 4.79 Å². The number of amides is 1. The molecule has 7 heteroatoms. The normalized spacial score (nSPS) is 28.6. The van der Waals surface area contributed by atoms with Crippen LogP contribution in [0.15, 0.2) is 12.5 Å². The number of rotatable bonds is 3. The standard InChI is InChI=1S/C16H24N6O/c1-12-5-14(8-20(2)6-12)22-9-15(18-11-22)19-16(23)13-3-4-21(7-13)10-17/h9,11-14H,3-8H2,1-2H3,(H,19,23)/t12?,13-,14?/m0/s1. The number of hydrogen-bond acceptors (Lipinski definition) is 5. The number of hydrogen-bond donors (Lipinski definition) is 1. The lowest BCUT2D eigenvalue weighted by atomic mass is 9.96. The maximum absolute atomic E-state index is 12.3. The van der Waals surface area contributed by atoms with Gasteiger partial charge in [0.25, 0.3) is 0 Å². The maximum Gasteiger partial charge on any atom is 0.230 e. The van der Waals surface area contributed by atoms with E-state index in [0.717, 1.165) is 25.9 Å². The van der Waals surface area contributed by atoms with E-state index in [0.29, 0.717) is 30.9 Å². The molecule has 0 bridgehead atoms. The molecule has 0 spiro atoms. The quantitative estimate of drug-likeness (QED) is 0.846. The Morgan fingerprint density at radius 3 is 2.96 bits per heavy atom. The van der Waals surface area contributed by atoms with Crippen molar-refractivity contribution in [2.45, 2.75) is 25.8 Å². The van der Waals surface area contributed by atoms with E-state index in [4.69, 9.17) is 5.26 Å². The Bertz CT molecular complexity index is 596. The van der Waals surface area contributed by atoms with Crippen LogP contribution in [0.2, 0.25) is 0 Å². The molecule has 1 aromatic heterocycles. The van der Waals surface area contributed by atoms with Gasteiger partial charge in [-0.2, -0.15) is 5.26 Å². The molecule has 23 heavy (non-hydrogen) atoms. The van der Waals surface area contributed by atoms with E-state index < -0.39 is 0 Å². The Hall–Kier alpha value is -2.07. The second-order valence-corrected chi connectivity index (χ2v) is 6.94. The van der Waals surface area contributed by atoms with Gasteiger partial charge in [0.05, 0.1) is 12.2 Å². The number of piperidine rings is 1. The summed E-state index contributed by atoms with van der Waals surface area (Å²) < 4.78 is 2.11. The number of imidazole rings is 1. The molecular formula is C16H24N6O. The van der Waals surface area contributed by atoms with Gasteiger partial charge in [0.2, 0.25) is 5.91 Å². The van der Waals surface area contributed by atoms with Gasteiger partial charge >= 0.3 is 0 Å². The third-order valence-corrected chi connectivity index (χ3v) is 4.80. The summed E-state index contributed by atoms with van der Waals surface area (Å²) in [5.41, 5.74) is 0. The number of anilines is 1. The molecular weight excluding hydrogens is 292 g/mol. The molecule has 2 saturated heterocycles. The molecule has 3 rings (SSSR count). The van der Waals surface area contributed by atoms with Crippen LogP contribution < -0.4 is 5.32 Å². The summed E-state index contributed by atoms with van der Waals surface area (Å²) in [5.74, 6) is 1.10. The number of likely N-dealkylation sites (tertiary alicyclic amines) is 2. The highest BCUT2D eigenvalue weighted by Gasteiger charge is 2.28. The third-order valence-electron chi connectivity index (χ3n) is 4.80. The highest BCUT2D eigenvalue weighted by atomic mass is 16.2. The second kappa shape index (κ2) is 6.59. The summed E-state index contributed by atoms with van der Waals surface area (Å²) in [5, 5.41) is 11.8. The lowest BCUT2D eigenvalue weighted by molar-refractivity contribution is -0.119. The first-order valence-electron chi connectivity index (χ1n) is 8.22. The summed E-state index contributed by atoms with van der Waals surface area (Å²) in [6.07, 6.45) is 7.69. The van der Waals surface area contributed by atoms with E-state index in [-0.39, 0.29) is 11.8 Å². The van der Waals surface area contributed by atoms with E-state index in [9.17, 15) is 4.79 Å². The number of nitriles is 1. The first kappa shape index (κ1) is 15.8. The molecule has 3 atom stereocenters. The molecule has 0 saturated carbocycles. The summed E-state index contributed by atoms with van der Waals surface area (Å²) in [4.78, 5) is 20.6. The Morgan fingerprint density at radius 2 is 2.26 bits per heavy atom. The summed E-state index contributed by atoms with van der Waals surface area (Å²) >= 11 is 0. The highest BCUT2D eigenvalue weighted by Crippen LogP contribution is 2.25. The second-order valence-electron chi connectivity index (χ2n) is 6.94. The van der Waals surface area contributed by atoms with Gasteiger partial charge in [0.1, 0.15) is 0 Å². The molecule has 2 aliphatic rings. The van der Waals surface area contributed by atoms with Crippen molar-refractivity contribution in [2.24, 2.45) is 11.8 Å². The smallest absolute Gasteiger partial charge is 0.230 e. The van der Waals surface area contributed by atoms with Crippen LogP contribution in [0.3, 0.4) is 0 Å². The zero-order valence-corrected chi connectivity index (χ0v) is 13.8. The molecule has 0 aliphatic carbocycles. The molecule has 2 unspecified atom stereocenters. The van der Waals surface area contributed by atoms with Crippen LogP contribution in [-0.4, -0.2) is 58.5 Å². The number of likely N-dealkylation sites (N-methyl/N-ethyl adjacent to an activating group) is 1. The minimum atomic E-state index is -0.124. The molecule has 124 valence electrons. The van der Waals surface area contributed by atoms with Crippen LogP contribution in [-0.2, 0) is 4.79 Å². The molecule has 2 fully saturated rings. The minimum absolute atomic E-state index is 0.0397. The van der Waals surface area contributed by atoms with E-state index in [1.165, 1.54) is 0 Å². The Labute approximate surface area is 136 Å². The van der Waals surface area contributed by atoms with Crippen LogP contribution in [0.4, 0.5) is 5.82 Å². The molecule has 7 nitrogen and oxygen atoms in total. The Kier molecular flexibility index (Phi) is 4.53. The molecule has 1 amide bonds. The van der Waals surface area contributed by atoms with Gasteiger partial charge in [0, 0.05) is 38.4 Å². The van der Waals surface area contributed by atoms with Crippen molar-refractivity contribution in [3.8, 4) is 6.19 Å². The maximum atomic E-state index is 12.3. The lowest BCUT2D eigenvalue weighted by Crippen LogP contribution is -2.37. The van der Waals surface area contributed by atoms with Crippen molar-refractivity contribution in [1.29, 1.82) is 5.26 Å². The number of nitrogens with one attached hydrogen (secondary N) is 1. The molecule has 1 N–H and O–H groups in total. The largest absolute Gasteiger partial charge is 0.331 e. The Morgan fingerprint density at radius 1 is 1.43 bits per heavy atom. The zero-order chi connectivity index (χ0) is 16.4. The van der Waals surface area contributed by atoms with E-state index in [1.54, 1.807) is 4.90 Å². The van der Waals surface area contributed by atoms with Crippen LogP contribution in [0.25, 0.3) is 0 Å². The van der Waals surface area contributed by atoms with Crippen molar-refractivity contribution >= 4 is 11.7 Å². The van der Waals surface area contributed by atoms with Crippen LogP contribution in [0.5, 0.6) is 0 Å². The summed E-state index contributed by atoms with van der Waals surface area (Å²) in [6, 6.07) is 0.405. The van der Waals surface area contributed by atoms with E-state index in [2.05, 4.69) is 39.9 Å². The van der Waals surface area contributed by atoms with Gasteiger partial charge < -0.3 is 19.7 Å². The van der Waals surface area contributed by atoms with Gasteiger partial charge in [0.15, 0.2) is 12.0 Å². The predicted molar refractivity (Wildman–Crippen MR) is 86.5 cm³/mol. The Balaban J connectivity index is 1.59. The fourth-order valence-electron chi connectivity index (χ4n) is 3.69. The fraction of sp³-hybridized carbons (Fsp3) is 0.688. The van der Waals surface area contributed by atoms with Gasteiger partial charge in [-0.15, -0.1) is 0 Å². The summed E-state index contributed by atoms with van der Waals surface area (Å²) in [6.45, 7) is 5.58. The van der Waals surface area contributed by atoms with Gasteiger partial charge in [-0.05, 0) is 25.8 Å². The third kappa shape index (κ3) is 3.64. The first-order chi connectivity index (χ1) is 11.0. The van der Waals surface area contributed by atoms with Gasteiger partial charge in [-0.3, -0.25) is 4.79 Å². The van der Waals surface area contributed by atoms with Crippen molar-refractivity contribution in [1.82, 2.24) is 19.4 Å².